The van der Waals surface area contributed by atoms with Crippen molar-refractivity contribution in [3.63, 3.8) is 0 Å². The Morgan fingerprint density at radius 3 is 1.26 bits per heavy atom. The molecule has 4 nitrogen and oxygen atoms in total. The van der Waals surface area contributed by atoms with Gasteiger partial charge in [0, 0.05) is 10.6 Å². The summed E-state index contributed by atoms with van der Waals surface area (Å²) in [4.78, 5) is 40.2. The second-order valence-electron chi connectivity index (χ2n) is 6.22. The predicted molar refractivity (Wildman–Crippen MR) is 125 cm³/mol. The van der Waals surface area contributed by atoms with Gasteiger partial charge in [-0.1, -0.05) is 70.1 Å². The lowest BCUT2D eigenvalue weighted by Crippen LogP contribution is -2.19. The maximum absolute atomic E-state index is 14.1. The van der Waals surface area contributed by atoms with Gasteiger partial charge in [-0.05, 0) is 48.5 Å². The highest BCUT2D eigenvalue weighted by atomic mass is 35.5. The Balaban J connectivity index is 2.29. The highest BCUT2D eigenvalue weighted by Crippen LogP contribution is 2.57. The van der Waals surface area contributed by atoms with Crippen LogP contribution in [0.2, 0.25) is 25.1 Å². The van der Waals surface area contributed by atoms with E-state index in [0.29, 0.717) is 5.02 Å². The molecule has 0 aliphatic carbocycles. The first-order valence-corrected chi connectivity index (χ1v) is 12.1. The summed E-state index contributed by atoms with van der Waals surface area (Å²) in [6, 6.07) is 13.4. The molecular formula is C21H10Cl5O4P. The molecule has 0 spiro atoms. The summed E-state index contributed by atoms with van der Waals surface area (Å²) in [5, 5.41) is -0.369. The van der Waals surface area contributed by atoms with E-state index >= 15 is 0 Å². The van der Waals surface area contributed by atoms with E-state index in [4.69, 9.17) is 58.0 Å². The Hall–Kier alpha value is -1.65. The zero-order valence-corrected chi connectivity index (χ0v) is 19.9. The molecule has 3 rings (SSSR count). The second-order valence-corrected chi connectivity index (χ2v) is 10.7. The standard InChI is InChI=1S/C21H10Cl5O4P/c22-12-9-7-11(8-10-12)19(27)31(30,20(28)17-13(23)3-1-4-14(17)24)21(29)18-15(25)5-2-6-16(18)26/h1-10H. The topological polar surface area (TPSA) is 68.3 Å². The average molecular weight is 535 g/mol. The molecule has 0 aromatic heterocycles. The number of carbonyl (C=O) groups excluding carboxylic acids is 3. The quantitative estimate of drug-likeness (QED) is 0.299. The normalized spacial score (nSPS) is 11.3. The molecule has 3 aromatic carbocycles. The Bertz CT molecular complexity index is 1160. The van der Waals surface area contributed by atoms with Gasteiger partial charge in [0.2, 0.25) is 16.6 Å². The molecule has 0 aliphatic rings. The maximum atomic E-state index is 14.1. The lowest BCUT2D eigenvalue weighted by Gasteiger charge is -2.18. The van der Waals surface area contributed by atoms with E-state index in [9.17, 15) is 18.9 Å². The fourth-order valence-corrected chi connectivity index (χ4v) is 6.48. The molecule has 0 amide bonds. The molecule has 0 saturated carbocycles. The number of halogens is 5. The first-order valence-electron chi connectivity index (χ1n) is 8.47. The fraction of sp³-hybridized carbons (Fsp3) is 0. The summed E-state index contributed by atoms with van der Waals surface area (Å²) in [7, 11) is -5.08. The minimum Gasteiger partial charge on any atom is -0.298 e. The van der Waals surface area contributed by atoms with Crippen LogP contribution in [0.25, 0.3) is 0 Å². The van der Waals surface area contributed by atoms with Gasteiger partial charge in [0.25, 0.3) is 7.14 Å². The van der Waals surface area contributed by atoms with E-state index < -0.39 is 34.8 Å². The third-order valence-electron chi connectivity index (χ3n) is 4.30. The summed E-state index contributed by atoms with van der Waals surface area (Å²) in [6.45, 7) is 0. The van der Waals surface area contributed by atoms with Crippen LogP contribution in [-0.4, -0.2) is 16.6 Å². The van der Waals surface area contributed by atoms with Crippen LogP contribution in [0.3, 0.4) is 0 Å². The number of benzene rings is 3. The van der Waals surface area contributed by atoms with Gasteiger partial charge in [0.15, 0.2) is 0 Å². The van der Waals surface area contributed by atoms with Crippen LogP contribution in [-0.2, 0) is 4.57 Å². The van der Waals surface area contributed by atoms with E-state index in [-0.39, 0.29) is 25.7 Å². The van der Waals surface area contributed by atoms with E-state index in [1.54, 1.807) is 0 Å². The summed E-state index contributed by atoms with van der Waals surface area (Å²) >= 11 is 30.2. The highest BCUT2D eigenvalue weighted by molar-refractivity contribution is 8.07. The van der Waals surface area contributed by atoms with Gasteiger partial charge in [-0.3, -0.25) is 18.9 Å². The van der Waals surface area contributed by atoms with Gasteiger partial charge in [-0.25, -0.2) is 0 Å². The van der Waals surface area contributed by atoms with Crippen molar-refractivity contribution in [1.29, 1.82) is 0 Å². The Labute approximate surface area is 202 Å². The van der Waals surface area contributed by atoms with Crippen LogP contribution >= 0.6 is 65.1 Å². The van der Waals surface area contributed by atoms with Gasteiger partial charge in [-0.2, -0.15) is 0 Å². The van der Waals surface area contributed by atoms with Gasteiger partial charge in [0.05, 0.1) is 31.2 Å². The van der Waals surface area contributed by atoms with Crippen LogP contribution in [0.5, 0.6) is 0 Å². The van der Waals surface area contributed by atoms with Gasteiger partial charge in [-0.15, -0.1) is 0 Å². The fourth-order valence-electron chi connectivity index (χ4n) is 2.77. The smallest absolute Gasteiger partial charge is 0.287 e. The summed E-state index contributed by atoms with van der Waals surface area (Å²) in [5.74, 6) is 0. The Morgan fingerprint density at radius 1 is 0.548 bits per heavy atom. The van der Waals surface area contributed by atoms with Gasteiger partial charge < -0.3 is 0 Å². The summed E-state index contributed by atoms with van der Waals surface area (Å²) in [5.41, 5.74) is -4.83. The van der Waals surface area contributed by atoms with Crippen LogP contribution in [0, 0.1) is 0 Å². The first kappa shape index (κ1) is 24.0. The third-order valence-corrected chi connectivity index (χ3v) is 8.24. The zero-order valence-electron chi connectivity index (χ0n) is 15.2. The van der Waals surface area contributed by atoms with Crippen molar-refractivity contribution in [1.82, 2.24) is 0 Å². The molecule has 158 valence electrons. The molecule has 10 heteroatoms. The lowest BCUT2D eigenvalue weighted by molar-refractivity contribution is 0.100. The zero-order chi connectivity index (χ0) is 22.9. The van der Waals surface area contributed by atoms with Crippen molar-refractivity contribution in [2.24, 2.45) is 0 Å². The molecule has 0 N–H and O–H groups in total. The Kier molecular flexibility index (Phi) is 7.32. The van der Waals surface area contributed by atoms with Crippen molar-refractivity contribution in [2.75, 3.05) is 0 Å². The van der Waals surface area contributed by atoms with Crippen LogP contribution in [0.15, 0.2) is 60.7 Å². The van der Waals surface area contributed by atoms with Crippen molar-refractivity contribution >= 4 is 81.7 Å². The molecule has 0 saturated heterocycles. The number of hydrogen-bond acceptors (Lipinski definition) is 4. The van der Waals surface area contributed by atoms with Crippen molar-refractivity contribution in [3.8, 4) is 0 Å². The van der Waals surface area contributed by atoms with E-state index in [2.05, 4.69) is 0 Å². The van der Waals surface area contributed by atoms with Crippen LogP contribution in [0.1, 0.15) is 31.1 Å². The second kappa shape index (κ2) is 9.46. The van der Waals surface area contributed by atoms with Crippen LogP contribution in [0.4, 0.5) is 0 Å². The molecule has 0 radical (unpaired) electrons. The van der Waals surface area contributed by atoms with Crippen molar-refractivity contribution in [2.45, 2.75) is 0 Å². The van der Waals surface area contributed by atoms with E-state index in [1.807, 2.05) is 0 Å². The molecular weight excluding hydrogens is 524 g/mol. The predicted octanol–water partition coefficient (Wildman–Crippen LogP) is 8.14. The monoisotopic (exact) mass is 532 g/mol. The van der Waals surface area contributed by atoms with E-state index in [1.165, 1.54) is 60.7 Å². The summed E-state index contributed by atoms with van der Waals surface area (Å²) in [6.07, 6.45) is 0. The van der Waals surface area contributed by atoms with Crippen molar-refractivity contribution in [3.05, 3.63) is 102 Å². The minimum absolute atomic E-state index is 0.166. The van der Waals surface area contributed by atoms with Crippen LogP contribution < -0.4 is 0 Å². The molecule has 0 atom stereocenters. The van der Waals surface area contributed by atoms with E-state index in [0.717, 1.165) is 0 Å². The molecule has 0 unspecified atom stereocenters. The SMILES string of the molecule is O=C(c1ccc(Cl)cc1)P(=O)(C(=O)c1c(Cl)cccc1Cl)C(=O)c1c(Cl)cccc1Cl. The van der Waals surface area contributed by atoms with Crippen molar-refractivity contribution < 1.29 is 18.9 Å². The molecule has 31 heavy (non-hydrogen) atoms. The highest BCUT2D eigenvalue weighted by Gasteiger charge is 2.50. The van der Waals surface area contributed by atoms with Gasteiger partial charge in [0.1, 0.15) is 0 Å². The molecule has 0 aliphatic heterocycles. The number of rotatable bonds is 6. The lowest BCUT2D eigenvalue weighted by atomic mass is 10.2. The maximum Gasteiger partial charge on any atom is 0.287 e. The third kappa shape index (κ3) is 4.47. The Morgan fingerprint density at radius 2 is 0.903 bits per heavy atom. The number of carbonyl (C=O) groups is 3. The van der Waals surface area contributed by atoms with Gasteiger partial charge >= 0.3 is 0 Å². The largest absolute Gasteiger partial charge is 0.298 e. The average Bonchev–Trinajstić information content (AvgIpc) is 2.72. The molecule has 0 heterocycles. The molecule has 0 fully saturated rings. The molecule has 3 aromatic rings. The number of hydrogen-bond donors (Lipinski definition) is 0. The minimum atomic E-state index is -5.08. The first-order chi connectivity index (χ1) is 14.6. The molecule has 0 bridgehead atoms. The summed E-state index contributed by atoms with van der Waals surface area (Å²) < 4.78 is 14.1.